The molecule has 5 nitrogen and oxygen atoms in total. The van der Waals surface area contributed by atoms with E-state index in [9.17, 15) is 105 Å². The molecule has 0 aliphatic carbocycles. The van der Waals surface area contributed by atoms with E-state index in [-0.39, 0.29) is 32.5 Å². The Bertz CT molecular complexity index is 1200. The fourth-order valence-electron chi connectivity index (χ4n) is 3.58. The quantitative estimate of drug-likeness (QED) is 0.0597. The zero-order valence-corrected chi connectivity index (χ0v) is 24.6. The summed E-state index contributed by atoms with van der Waals surface area (Å²) in [6.07, 6.45) is -11.4. The molecule has 2 saturated heterocycles. The minimum atomic E-state index is -9.50. The van der Waals surface area contributed by atoms with Crippen LogP contribution in [0.25, 0.3) is 0 Å². The maximum atomic E-state index is 14.1. The zero-order valence-electron chi connectivity index (χ0n) is 24.6. The van der Waals surface area contributed by atoms with E-state index < -0.39 is 110 Å². The summed E-state index contributed by atoms with van der Waals surface area (Å²) in [4.78, 5) is 0. The normalized spacial score (nSPS) is 21.2. The molecule has 0 bridgehead atoms. The molecule has 0 radical (unpaired) electrons. The average molecular weight is 832 g/mol. The molecule has 0 N–H and O–H groups in total. The number of halogens is 24. The monoisotopic (exact) mass is 832 g/mol. The smallest absolute Gasteiger partial charge is 0.378 e. The molecule has 52 heavy (non-hydrogen) atoms. The molecule has 310 valence electrons. The Morgan fingerprint density at radius 1 is 0.462 bits per heavy atom. The van der Waals surface area contributed by atoms with Gasteiger partial charge in [-0.05, 0) is 0 Å². The first-order valence-corrected chi connectivity index (χ1v) is 13.4. The summed E-state index contributed by atoms with van der Waals surface area (Å²) in [7, 11) is 0. The molecule has 3 atom stereocenters. The molecule has 29 heteroatoms. The van der Waals surface area contributed by atoms with Crippen LogP contribution in [0, 0.1) is 0 Å². The van der Waals surface area contributed by atoms with Gasteiger partial charge in [-0.1, -0.05) is 0 Å². The van der Waals surface area contributed by atoms with E-state index in [2.05, 4.69) is 4.74 Å². The Labute approximate surface area is 272 Å². The van der Waals surface area contributed by atoms with Gasteiger partial charge in [-0.15, -0.1) is 0 Å². The molecular formula is C23H20F24O5. The number of hydrogen-bond donors (Lipinski definition) is 0. The number of alkyl halides is 24. The van der Waals surface area contributed by atoms with Crippen LogP contribution < -0.4 is 0 Å². The zero-order chi connectivity index (χ0) is 41.0. The van der Waals surface area contributed by atoms with Crippen molar-refractivity contribution in [2.45, 2.75) is 96.3 Å². The summed E-state index contributed by atoms with van der Waals surface area (Å²) < 4.78 is 352. The molecule has 2 heterocycles. The van der Waals surface area contributed by atoms with Gasteiger partial charge in [0.05, 0.1) is 46.2 Å². The SMILES string of the molecule is FC(F)C(F)(F)C(F)(F)C(F)(F)C(F)(F)C(F)(F)C(F)(F)C(F)(F)C(F)(F)C(F)(F)C(F)(F)C(F)(F)CCOCC(COCC1CO1)OCC1CO1. The Kier molecular flexibility index (Phi) is 12.7. The van der Waals surface area contributed by atoms with E-state index >= 15 is 0 Å². The van der Waals surface area contributed by atoms with Gasteiger partial charge in [0.2, 0.25) is 0 Å². The molecule has 2 aliphatic rings. The Morgan fingerprint density at radius 3 is 1.15 bits per heavy atom. The van der Waals surface area contributed by atoms with Crippen molar-refractivity contribution in [1.29, 1.82) is 0 Å². The second-order valence-electron chi connectivity index (χ2n) is 11.0. The van der Waals surface area contributed by atoms with Crippen LogP contribution in [0.4, 0.5) is 105 Å². The van der Waals surface area contributed by atoms with E-state index in [1.807, 2.05) is 0 Å². The number of ether oxygens (including phenoxy) is 5. The first kappa shape index (κ1) is 46.3. The molecule has 0 saturated carbocycles. The van der Waals surface area contributed by atoms with Crippen LogP contribution in [0.5, 0.6) is 0 Å². The van der Waals surface area contributed by atoms with Crippen molar-refractivity contribution in [3.8, 4) is 0 Å². The van der Waals surface area contributed by atoms with Crippen molar-refractivity contribution in [3.63, 3.8) is 0 Å². The molecule has 3 unspecified atom stereocenters. The Hall–Kier alpha value is -1.88. The first-order chi connectivity index (χ1) is 23.0. The molecule has 0 aromatic carbocycles. The van der Waals surface area contributed by atoms with Crippen molar-refractivity contribution in [3.05, 3.63) is 0 Å². The third kappa shape index (κ3) is 7.53. The molecule has 0 amide bonds. The Morgan fingerprint density at radius 2 is 0.788 bits per heavy atom. The third-order valence-corrected chi connectivity index (χ3v) is 7.10. The van der Waals surface area contributed by atoms with Gasteiger partial charge in [-0.25, -0.2) is 8.78 Å². The summed E-state index contributed by atoms with van der Waals surface area (Å²) in [5.74, 6) is -96.5. The maximum absolute atomic E-state index is 14.1. The second kappa shape index (κ2) is 14.3. The average Bonchev–Trinajstić information content (AvgIpc) is 3.92. The van der Waals surface area contributed by atoms with E-state index in [1.165, 1.54) is 0 Å². The molecule has 2 fully saturated rings. The van der Waals surface area contributed by atoms with Crippen molar-refractivity contribution in [2.24, 2.45) is 0 Å². The van der Waals surface area contributed by atoms with Gasteiger partial charge in [0.15, 0.2) is 0 Å². The predicted molar refractivity (Wildman–Crippen MR) is 116 cm³/mol. The Balaban J connectivity index is 2.34. The third-order valence-electron chi connectivity index (χ3n) is 7.10. The van der Waals surface area contributed by atoms with Gasteiger partial charge in [-0.2, -0.15) is 96.6 Å². The van der Waals surface area contributed by atoms with E-state index in [0.717, 1.165) is 0 Å². The molecule has 0 spiro atoms. The van der Waals surface area contributed by atoms with Gasteiger partial charge in [0, 0.05) is 6.42 Å². The fraction of sp³-hybridized carbons (Fsp3) is 1.00. The van der Waals surface area contributed by atoms with Crippen LogP contribution in [-0.4, -0.2) is 136 Å². The van der Waals surface area contributed by atoms with Crippen molar-refractivity contribution in [2.75, 3.05) is 46.2 Å². The minimum Gasteiger partial charge on any atom is -0.378 e. The highest BCUT2D eigenvalue weighted by molar-refractivity contribution is 5.19. The summed E-state index contributed by atoms with van der Waals surface area (Å²) >= 11 is 0. The largest absolute Gasteiger partial charge is 0.385 e. The fourth-order valence-corrected chi connectivity index (χ4v) is 3.58. The van der Waals surface area contributed by atoms with Crippen LogP contribution in [0.1, 0.15) is 6.42 Å². The van der Waals surface area contributed by atoms with E-state index in [0.29, 0.717) is 0 Å². The molecule has 0 aromatic heterocycles. The summed E-state index contributed by atoms with van der Waals surface area (Å²) in [6, 6.07) is 0. The van der Waals surface area contributed by atoms with Crippen LogP contribution in [-0.2, 0) is 23.7 Å². The van der Waals surface area contributed by atoms with Gasteiger partial charge >= 0.3 is 71.6 Å². The highest BCUT2D eigenvalue weighted by Gasteiger charge is 2.98. The van der Waals surface area contributed by atoms with Gasteiger partial charge in [-0.3, -0.25) is 0 Å². The van der Waals surface area contributed by atoms with E-state index in [1.54, 1.807) is 0 Å². The second-order valence-corrected chi connectivity index (χ2v) is 11.0. The lowest BCUT2D eigenvalue weighted by Crippen LogP contribution is -2.78. The van der Waals surface area contributed by atoms with Crippen molar-refractivity contribution in [1.82, 2.24) is 0 Å². The van der Waals surface area contributed by atoms with Gasteiger partial charge < -0.3 is 23.7 Å². The summed E-state index contributed by atoms with van der Waals surface area (Å²) in [5, 5.41) is 0. The highest BCUT2D eigenvalue weighted by atomic mass is 19.4. The maximum Gasteiger partial charge on any atom is 0.385 e. The molecule has 2 aliphatic heterocycles. The lowest BCUT2D eigenvalue weighted by molar-refractivity contribution is -0.476. The summed E-state index contributed by atoms with van der Waals surface area (Å²) in [5.41, 5.74) is 0. The van der Waals surface area contributed by atoms with Crippen LogP contribution in [0.15, 0.2) is 0 Å². The topological polar surface area (TPSA) is 52.8 Å². The minimum absolute atomic E-state index is 0.0792. The molecular weight excluding hydrogens is 812 g/mol. The van der Waals surface area contributed by atoms with Crippen LogP contribution in [0.3, 0.4) is 0 Å². The van der Waals surface area contributed by atoms with Gasteiger partial charge in [0.1, 0.15) is 18.3 Å². The van der Waals surface area contributed by atoms with Crippen LogP contribution in [0.2, 0.25) is 0 Å². The van der Waals surface area contributed by atoms with Crippen molar-refractivity contribution < 1.29 is 129 Å². The van der Waals surface area contributed by atoms with Gasteiger partial charge in [0.25, 0.3) is 0 Å². The molecule has 2 rings (SSSR count). The number of hydrogen-bond acceptors (Lipinski definition) is 5. The standard InChI is InChI=1S/C23H20F24O5/c24-12(25)14(28,29)16(32,33)18(36,37)20(40,41)22(44,45)23(46,47)21(42,43)19(38,39)17(34,35)15(30,31)13(26,27)1-2-48-3-9(50-7-11-8-52-11)4-49-5-10-6-51-10/h9-12H,1-8H2. The number of epoxide rings is 2. The van der Waals surface area contributed by atoms with Crippen LogP contribution >= 0.6 is 0 Å². The molecule has 0 aromatic rings. The summed E-state index contributed by atoms with van der Waals surface area (Å²) in [6.45, 7) is -3.23. The first-order valence-electron chi connectivity index (χ1n) is 13.4. The highest BCUT2D eigenvalue weighted by Crippen LogP contribution is 2.67. The number of rotatable bonds is 23. The van der Waals surface area contributed by atoms with E-state index in [4.69, 9.17) is 18.9 Å². The lowest BCUT2D eigenvalue weighted by Gasteiger charge is -2.45. The predicted octanol–water partition coefficient (Wildman–Crippen LogP) is 7.85. The lowest BCUT2D eigenvalue weighted by atomic mass is 9.84. The van der Waals surface area contributed by atoms with Crippen molar-refractivity contribution >= 4 is 0 Å².